The minimum absolute atomic E-state index is 0.0369. The summed E-state index contributed by atoms with van der Waals surface area (Å²) in [4.78, 5) is 12.9. The molecule has 3 aromatic rings. The third kappa shape index (κ3) is 4.68. The zero-order chi connectivity index (χ0) is 27.2. The van der Waals surface area contributed by atoms with Gasteiger partial charge in [-0.25, -0.2) is 9.18 Å². The summed E-state index contributed by atoms with van der Waals surface area (Å²) in [6, 6.07) is 4.36. The molecule has 37 heavy (non-hydrogen) atoms. The molecule has 0 aromatic heterocycles. The standard InChI is InChI=1S/C23H17F3O11/c24-17-10(6-15(37-23(25)26)19(32)20(17)33)22(34)36-16-5-9-11(28)3-8(27)4-14(9)35-21(16)7-1-12(29)18(31)13(30)2-7/h1-4,6,16,21,23,27-33H,5H2/t16-,21+/m1/s1. The van der Waals surface area contributed by atoms with Crippen molar-refractivity contribution in [2.45, 2.75) is 25.2 Å². The third-order valence-electron chi connectivity index (χ3n) is 5.46. The number of halogens is 3. The van der Waals surface area contributed by atoms with Crippen molar-refractivity contribution in [3.63, 3.8) is 0 Å². The van der Waals surface area contributed by atoms with Crippen molar-refractivity contribution in [2.24, 2.45) is 0 Å². The number of phenolic OH excluding ortho intramolecular Hbond substituents is 7. The summed E-state index contributed by atoms with van der Waals surface area (Å²) < 4.78 is 54.8. The highest BCUT2D eigenvalue weighted by atomic mass is 19.3. The van der Waals surface area contributed by atoms with Gasteiger partial charge in [0.15, 0.2) is 40.7 Å². The number of hydrogen-bond acceptors (Lipinski definition) is 11. The van der Waals surface area contributed by atoms with Crippen molar-refractivity contribution >= 4 is 5.97 Å². The van der Waals surface area contributed by atoms with Crippen LogP contribution >= 0.6 is 0 Å². The molecule has 0 saturated heterocycles. The first-order valence-corrected chi connectivity index (χ1v) is 10.2. The number of alkyl halides is 2. The maximum Gasteiger partial charge on any atom is 0.387 e. The molecule has 0 bridgehead atoms. The number of hydrogen-bond donors (Lipinski definition) is 7. The summed E-state index contributed by atoms with van der Waals surface area (Å²) in [6.45, 7) is -3.50. The Morgan fingerprint density at radius 2 is 1.54 bits per heavy atom. The normalized spacial score (nSPS) is 16.6. The quantitative estimate of drug-likeness (QED) is 0.191. The van der Waals surface area contributed by atoms with Crippen LogP contribution in [0.1, 0.15) is 27.6 Å². The van der Waals surface area contributed by atoms with Crippen molar-refractivity contribution in [2.75, 3.05) is 0 Å². The predicted octanol–water partition coefficient (Wildman–Crippen LogP) is 3.27. The molecule has 196 valence electrons. The lowest BCUT2D eigenvalue weighted by Crippen LogP contribution is -2.35. The summed E-state index contributed by atoms with van der Waals surface area (Å²) in [5, 5.41) is 68.8. The van der Waals surface area contributed by atoms with Crippen LogP contribution in [0, 0.1) is 5.82 Å². The number of benzene rings is 3. The minimum atomic E-state index is -3.50. The molecule has 0 saturated carbocycles. The van der Waals surface area contributed by atoms with Crippen LogP contribution in [0.3, 0.4) is 0 Å². The van der Waals surface area contributed by atoms with E-state index >= 15 is 0 Å². The van der Waals surface area contributed by atoms with Gasteiger partial charge in [0.25, 0.3) is 0 Å². The second kappa shape index (κ2) is 9.29. The molecule has 4 rings (SSSR count). The number of esters is 1. The first-order valence-electron chi connectivity index (χ1n) is 10.2. The van der Waals surface area contributed by atoms with Crippen LogP contribution in [0.2, 0.25) is 0 Å². The molecule has 0 unspecified atom stereocenters. The Morgan fingerprint density at radius 1 is 0.892 bits per heavy atom. The van der Waals surface area contributed by atoms with E-state index in [4.69, 9.17) is 9.47 Å². The van der Waals surface area contributed by atoms with Gasteiger partial charge in [-0.3, -0.25) is 0 Å². The van der Waals surface area contributed by atoms with Crippen LogP contribution in [0.5, 0.6) is 51.7 Å². The Labute approximate surface area is 204 Å². The fraction of sp³-hybridized carbons (Fsp3) is 0.174. The molecule has 3 aromatic carbocycles. The third-order valence-corrected chi connectivity index (χ3v) is 5.46. The maximum atomic E-state index is 14.6. The number of fused-ring (bicyclic) bond motifs is 1. The van der Waals surface area contributed by atoms with E-state index in [2.05, 4.69) is 4.74 Å². The van der Waals surface area contributed by atoms with Crippen molar-refractivity contribution in [1.29, 1.82) is 0 Å². The lowest BCUT2D eigenvalue weighted by Gasteiger charge is -2.34. The predicted molar refractivity (Wildman–Crippen MR) is 114 cm³/mol. The van der Waals surface area contributed by atoms with E-state index < -0.39 is 82.2 Å². The van der Waals surface area contributed by atoms with Crippen LogP contribution in [-0.2, 0) is 11.2 Å². The zero-order valence-corrected chi connectivity index (χ0v) is 18.2. The minimum Gasteiger partial charge on any atom is -0.508 e. The number of phenols is 7. The smallest absolute Gasteiger partial charge is 0.387 e. The Morgan fingerprint density at radius 3 is 2.16 bits per heavy atom. The maximum absolute atomic E-state index is 14.6. The average Bonchev–Trinajstić information content (AvgIpc) is 2.82. The zero-order valence-electron chi connectivity index (χ0n) is 18.2. The first-order chi connectivity index (χ1) is 17.4. The molecule has 0 spiro atoms. The molecule has 0 amide bonds. The van der Waals surface area contributed by atoms with Gasteiger partial charge in [-0.05, 0) is 12.1 Å². The fourth-order valence-electron chi connectivity index (χ4n) is 3.77. The van der Waals surface area contributed by atoms with Gasteiger partial charge in [0, 0.05) is 35.7 Å². The Hall–Kier alpha value is -4.88. The van der Waals surface area contributed by atoms with Gasteiger partial charge >= 0.3 is 12.6 Å². The van der Waals surface area contributed by atoms with Gasteiger partial charge in [-0.15, -0.1) is 0 Å². The van der Waals surface area contributed by atoms with E-state index in [0.29, 0.717) is 6.07 Å². The van der Waals surface area contributed by atoms with Crippen LogP contribution in [-0.4, -0.2) is 54.4 Å². The number of aromatic hydroxyl groups is 7. The van der Waals surface area contributed by atoms with Crippen molar-refractivity contribution in [3.05, 3.63) is 52.8 Å². The Kier molecular flexibility index (Phi) is 6.33. The molecule has 1 aliphatic heterocycles. The van der Waals surface area contributed by atoms with E-state index in [1.54, 1.807) is 0 Å². The topological polar surface area (TPSA) is 186 Å². The van der Waals surface area contributed by atoms with Crippen LogP contribution in [0.25, 0.3) is 0 Å². The van der Waals surface area contributed by atoms with Gasteiger partial charge < -0.3 is 50.0 Å². The van der Waals surface area contributed by atoms with Gasteiger partial charge in [0.1, 0.15) is 28.9 Å². The second-order valence-corrected chi connectivity index (χ2v) is 7.85. The monoisotopic (exact) mass is 526 g/mol. The van der Waals surface area contributed by atoms with Gasteiger partial charge in [-0.1, -0.05) is 0 Å². The number of carbonyl (C=O) groups is 1. The van der Waals surface area contributed by atoms with Gasteiger partial charge in [0.05, 0.1) is 0 Å². The van der Waals surface area contributed by atoms with E-state index in [9.17, 15) is 53.7 Å². The molecular formula is C23H17F3O11. The molecule has 7 N–H and O–H groups in total. The van der Waals surface area contributed by atoms with E-state index in [1.165, 1.54) is 0 Å². The van der Waals surface area contributed by atoms with Crippen molar-refractivity contribution in [3.8, 4) is 51.7 Å². The van der Waals surface area contributed by atoms with Crippen LogP contribution < -0.4 is 9.47 Å². The largest absolute Gasteiger partial charge is 0.508 e. The molecule has 2 atom stereocenters. The summed E-state index contributed by atoms with van der Waals surface area (Å²) in [5.74, 6) is -10.7. The molecule has 0 fully saturated rings. The van der Waals surface area contributed by atoms with E-state index in [1.807, 2.05) is 0 Å². The molecule has 0 radical (unpaired) electrons. The molecule has 14 heteroatoms. The highest BCUT2D eigenvalue weighted by Gasteiger charge is 2.38. The number of carbonyl (C=O) groups excluding carboxylic acids is 1. The highest BCUT2D eigenvalue weighted by Crippen LogP contribution is 2.46. The Balaban J connectivity index is 1.76. The molecule has 11 nitrogen and oxygen atoms in total. The van der Waals surface area contributed by atoms with Gasteiger partial charge in [0.2, 0.25) is 5.75 Å². The average molecular weight is 526 g/mol. The molecule has 1 heterocycles. The number of rotatable bonds is 5. The van der Waals surface area contributed by atoms with E-state index in [0.717, 1.165) is 24.3 Å². The number of ether oxygens (including phenoxy) is 3. The SMILES string of the molecule is O=C(O[C@@H]1Cc2c(O)cc(O)cc2O[C@H]1c1cc(O)c(O)c(O)c1)c1cc(OC(F)F)c(O)c(O)c1F. The van der Waals surface area contributed by atoms with Crippen molar-refractivity contribution in [1.82, 2.24) is 0 Å². The van der Waals surface area contributed by atoms with E-state index in [-0.39, 0.29) is 23.3 Å². The lowest BCUT2D eigenvalue weighted by molar-refractivity contribution is -0.0517. The molecule has 1 aliphatic rings. The Bertz CT molecular complexity index is 1370. The highest BCUT2D eigenvalue weighted by molar-refractivity contribution is 5.91. The van der Waals surface area contributed by atoms with Gasteiger partial charge in [-0.2, -0.15) is 8.78 Å². The lowest BCUT2D eigenvalue weighted by atomic mass is 9.93. The second-order valence-electron chi connectivity index (χ2n) is 7.85. The van der Waals surface area contributed by atoms with Crippen LogP contribution in [0.4, 0.5) is 13.2 Å². The molecule has 0 aliphatic carbocycles. The van der Waals surface area contributed by atoms with Crippen molar-refractivity contribution < 1.29 is 67.9 Å². The fourth-order valence-corrected chi connectivity index (χ4v) is 3.77. The first kappa shape index (κ1) is 25.2. The summed E-state index contributed by atoms with van der Waals surface area (Å²) in [5.41, 5.74) is -1.15. The summed E-state index contributed by atoms with van der Waals surface area (Å²) in [7, 11) is 0. The summed E-state index contributed by atoms with van der Waals surface area (Å²) in [6.07, 6.45) is -3.21. The van der Waals surface area contributed by atoms with Crippen LogP contribution in [0.15, 0.2) is 30.3 Å². The summed E-state index contributed by atoms with van der Waals surface area (Å²) >= 11 is 0. The molecular weight excluding hydrogens is 509 g/mol.